The number of hydrogen-bond acceptors (Lipinski definition) is 2. The van der Waals surface area contributed by atoms with Crippen LogP contribution in [0.25, 0.3) is 0 Å². The predicted octanol–water partition coefficient (Wildman–Crippen LogP) is 7.11. The zero-order chi connectivity index (χ0) is 19.1. The Morgan fingerprint density at radius 2 is 1.92 bits per heavy atom. The van der Waals surface area contributed by atoms with Gasteiger partial charge in [0, 0.05) is 0 Å². The van der Waals surface area contributed by atoms with Gasteiger partial charge in [0.1, 0.15) is 5.75 Å². The molecule has 2 heteroatoms. The molecule has 0 radical (unpaired) electrons. The second kappa shape index (κ2) is 14.6. The van der Waals surface area contributed by atoms with Crippen LogP contribution in [0.2, 0.25) is 0 Å². The Bertz CT molecular complexity index is 515. The third-order valence-corrected chi connectivity index (χ3v) is 3.99. The van der Waals surface area contributed by atoms with Crippen molar-refractivity contribution in [2.24, 2.45) is 0 Å². The molecule has 1 aromatic carbocycles. The average molecular weight is 346 g/mol. The minimum Gasteiger partial charge on any atom is -0.493 e. The third-order valence-electron chi connectivity index (χ3n) is 3.99. The number of rotatable bonds is 5. The Morgan fingerprint density at radius 1 is 1.24 bits per heavy atom. The number of unbranched alkanes of at least 4 members (excludes halogenated alkanes) is 1. The molecule has 2 rings (SSSR count). The molecule has 0 bridgehead atoms. The number of aryl methyl sites for hydroxylation is 1. The summed E-state index contributed by atoms with van der Waals surface area (Å²) in [5.74, 6) is 1.64. The third kappa shape index (κ3) is 9.38. The molecule has 0 saturated carbocycles. The number of nitrogens with one attached hydrogen (secondary N) is 1. The van der Waals surface area contributed by atoms with Crippen LogP contribution in [0.5, 0.6) is 5.75 Å². The Balaban J connectivity index is 0.000000845. The lowest BCUT2D eigenvalue weighted by Crippen LogP contribution is -2.15. The summed E-state index contributed by atoms with van der Waals surface area (Å²) in [7, 11) is 0. The van der Waals surface area contributed by atoms with Crippen molar-refractivity contribution in [1.29, 1.82) is 0 Å². The van der Waals surface area contributed by atoms with E-state index < -0.39 is 0 Å². The molecular weight excluding hydrogens is 306 g/mol. The van der Waals surface area contributed by atoms with Crippen LogP contribution >= 0.6 is 0 Å². The summed E-state index contributed by atoms with van der Waals surface area (Å²) in [4.78, 5) is 0. The number of hydrogen-bond donors (Lipinski definition) is 1. The smallest absolute Gasteiger partial charge is 0.122 e. The Kier molecular flexibility index (Phi) is 13.6. The van der Waals surface area contributed by atoms with Gasteiger partial charge in [-0.15, -0.1) is 0 Å². The van der Waals surface area contributed by atoms with Gasteiger partial charge in [0.05, 0.1) is 6.61 Å². The minimum atomic E-state index is 0.576. The first-order valence-electron chi connectivity index (χ1n) is 9.88. The first-order chi connectivity index (χ1) is 12.1. The molecule has 1 aliphatic heterocycles. The van der Waals surface area contributed by atoms with Gasteiger partial charge in [0.15, 0.2) is 0 Å². The molecule has 2 nitrogen and oxygen atoms in total. The highest BCUT2D eigenvalue weighted by atomic mass is 16.5. The van der Waals surface area contributed by atoms with E-state index >= 15 is 0 Å². The first kappa shape index (κ1) is 23.3. The summed E-state index contributed by atoms with van der Waals surface area (Å²) in [6, 6.07) is 6.50. The molecule has 1 atom stereocenters. The molecule has 0 fully saturated rings. The molecule has 0 aromatic heterocycles. The highest BCUT2D eigenvalue weighted by Gasteiger charge is 2.21. The molecule has 0 amide bonds. The largest absolute Gasteiger partial charge is 0.493 e. The zero-order valence-electron chi connectivity index (χ0n) is 17.5. The lowest BCUT2D eigenvalue weighted by atomic mass is 9.87. The number of ether oxygens (including phenoxy) is 1. The van der Waals surface area contributed by atoms with Crippen LogP contribution in [0.4, 0.5) is 0 Å². The van der Waals surface area contributed by atoms with Gasteiger partial charge in [0.25, 0.3) is 0 Å². The molecule has 25 heavy (non-hydrogen) atoms. The van der Waals surface area contributed by atoms with Gasteiger partial charge in [0.2, 0.25) is 0 Å². The van der Waals surface area contributed by atoms with Crippen LogP contribution in [0.3, 0.4) is 0 Å². The first-order valence-corrected chi connectivity index (χ1v) is 9.88. The fraction of sp³-hybridized carbons (Fsp3) is 0.565. The molecule has 142 valence electrons. The van der Waals surface area contributed by atoms with Crippen LogP contribution in [0, 0.1) is 6.92 Å². The monoisotopic (exact) mass is 345 g/mol. The SMILES string of the molecule is C/C=C\N/C=C(\C)CC1CCOc2ccc(C)cc21.CC.CCCC. The van der Waals surface area contributed by atoms with Crippen LogP contribution in [0.15, 0.2) is 42.2 Å². The highest BCUT2D eigenvalue weighted by Crippen LogP contribution is 2.37. The van der Waals surface area contributed by atoms with Crippen molar-refractivity contribution in [3.05, 3.63) is 53.4 Å². The summed E-state index contributed by atoms with van der Waals surface area (Å²) in [6.07, 6.45) is 10.9. The van der Waals surface area contributed by atoms with Crippen LogP contribution in [-0.2, 0) is 0 Å². The molecule has 1 N–H and O–H groups in total. The summed E-state index contributed by atoms with van der Waals surface area (Å²) < 4.78 is 5.74. The second-order valence-electron chi connectivity index (χ2n) is 6.24. The molecular formula is C23H39NO. The van der Waals surface area contributed by atoms with E-state index in [1.165, 1.54) is 29.5 Å². The summed E-state index contributed by atoms with van der Waals surface area (Å²) in [5.41, 5.74) is 4.05. The van der Waals surface area contributed by atoms with Gasteiger partial charge in [-0.2, -0.15) is 0 Å². The lowest BCUT2D eigenvalue weighted by molar-refractivity contribution is 0.266. The van der Waals surface area contributed by atoms with Crippen LogP contribution in [-0.4, -0.2) is 6.61 Å². The maximum absolute atomic E-state index is 5.74. The van der Waals surface area contributed by atoms with Crippen molar-refractivity contribution in [1.82, 2.24) is 5.32 Å². The van der Waals surface area contributed by atoms with Crippen molar-refractivity contribution in [3.8, 4) is 5.75 Å². The molecule has 0 saturated heterocycles. The number of fused-ring (bicyclic) bond motifs is 1. The Labute approximate surface area is 156 Å². The fourth-order valence-electron chi connectivity index (χ4n) is 2.53. The van der Waals surface area contributed by atoms with Crippen LogP contribution < -0.4 is 10.1 Å². The highest BCUT2D eigenvalue weighted by molar-refractivity contribution is 5.41. The molecule has 1 aliphatic rings. The van der Waals surface area contributed by atoms with E-state index in [0.29, 0.717) is 5.92 Å². The maximum Gasteiger partial charge on any atom is 0.122 e. The maximum atomic E-state index is 5.74. The number of benzene rings is 1. The van der Waals surface area contributed by atoms with Gasteiger partial charge in [-0.1, -0.05) is 69.9 Å². The van der Waals surface area contributed by atoms with E-state index in [-0.39, 0.29) is 0 Å². The topological polar surface area (TPSA) is 21.3 Å². The van der Waals surface area contributed by atoms with Crippen LogP contribution in [0.1, 0.15) is 84.3 Å². The molecule has 0 aliphatic carbocycles. The van der Waals surface area contributed by atoms with Gasteiger partial charge in [-0.3, -0.25) is 0 Å². The zero-order valence-corrected chi connectivity index (χ0v) is 17.5. The van der Waals surface area contributed by atoms with Gasteiger partial charge in [-0.25, -0.2) is 0 Å². The van der Waals surface area contributed by atoms with Crippen molar-refractivity contribution in [2.45, 2.75) is 80.1 Å². The van der Waals surface area contributed by atoms with Gasteiger partial charge < -0.3 is 10.1 Å². The van der Waals surface area contributed by atoms with Gasteiger partial charge >= 0.3 is 0 Å². The van der Waals surface area contributed by atoms with E-state index in [2.05, 4.69) is 57.4 Å². The van der Waals surface area contributed by atoms with E-state index in [1.54, 1.807) is 0 Å². The second-order valence-corrected chi connectivity index (χ2v) is 6.24. The van der Waals surface area contributed by atoms with Crippen molar-refractivity contribution >= 4 is 0 Å². The molecule has 1 unspecified atom stereocenters. The number of allylic oxidation sites excluding steroid dienone is 2. The Hall–Kier alpha value is -1.70. The summed E-state index contributed by atoms with van der Waals surface area (Å²) >= 11 is 0. The molecule has 1 aromatic rings. The molecule has 0 spiro atoms. The normalized spacial score (nSPS) is 16.0. The average Bonchev–Trinajstić information content (AvgIpc) is 2.64. The lowest BCUT2D eigenvalue weighted by Gasteiger charge is -2.26. The van der Waals surface area contributed by atoms with E-state index in [0.717, 1.165) is 25.2 Å². The van der Waals surface area contributed by atoms with E-state index in [4.69, 9.17) is 4.74 Å². The molecule has 1 heterocycles. The fourth-order valence-corrected chi connectivity index (χ4v) is 2.53. The predicted molar refractivity (Wildman–Crippen MR) is 112 cm³/mol. The summed E-state index contributed by atoms with van der Waals surface area (Å²) in [6.45, 7) is 15.5. The van der Waals surface area contributed by atoms with E-state index in [1.807, 2.05) is 33.0 Å². The standard InChI is InChI=1S/C17H23NO.C4H10.C2H6/c1-4-8-18-12-14(3)10-15-7-9-19-17-6-5-13(2)11-16(15)17;1-3-4-2;1-2/h4-6,8,11-12,15,18H,7,9-10H2,1-3H3;3-4H2,1-2H3;1-2H3/b8-4-,14-12+;;. The van der Waals surface area contributed by atoms with Crippen molar-refractivity contribution < 1.29 is 4.74 Å². The minimum absolute atomic E-state index is 0.576. The summed E-state index contributed by atoms with van der Waals surface area (Å²) in [5, 5.41) is 3.19. The van der Waals surface area contributed by atoms with Gasteiger partial charge in [-0.05, 0) is 63.6 Å². The Morgan fingerprint density at radius 3 is 2.52 bits per heavy atom. The van der Waals surface area contributed by atoms with E-state index in [9.17, 15) is 0 Å². The van der Waals surface area contributed by atoms with Crippen molar-refractivity contribution in [3.63, 3.8) is 0 Å². The van der Waals surface area contributed by atoms with Crippen molar-refractivity contribution in [2.75, 3.05) is 6.61 Å². The quantitative estimate of drug-likeness (QED) is 0.614.